The molecule has 0 spiro atoms. The molecule has 0 aliphatic heterocycles. The Hall–Kier alpha value is -1.94. The van der Waals surface area contributed by atoms with Crippen molar-refractivity contribution in [2.24, 2.45) is 23.7 Å². The average Bonchev–Trinajstić information content (AvgIpc) is 3.01. The molecule has 0 N–H and O–H groups in total. The number of hydrogen-bond donors (Lipinski definition) is 0. The molecule has 2 aromatic carbocycles. The highest BCUT2D eigenvalue weighted by molar-refractivity contribution is 6.47. The first-order valence-corrected chi connectivity index (χ1v) is 17.9. The number of ether oxygens (including phenoxy) is 4. The third-order valence-electron chi connectivity index (χ3n) is 7.82. The average molecular weight is 789 g/mol. The van der Waals surface area contributed by atoms with Gasteiger partial charge in [0.1, 0.15) is 11.1 Å². The summed E-state index contributed by atoms with van der Waals surface area (Å²) in [5, 5.41) is -1.50. The lowest BCUT2D eigenvalue weighted by molar-refractivity contribution is -0.156. The van der Waals surface area contributed by atoms with Crippen LogP contribution in [0.4, 0.5) is 0 Å². The fourth-order valence-electron chi connectivity index (χ4n) is 4.65. The van der Waals surface area contributed by atoms with Crippen LogP contribution in [0.25, 0.3) is 0 Å². The van der Waals surface area contributed by atoms with E-state index in [1.165, 1.54) is 0 Å². The molecule has 0 saturated heterocycles. The smallest absolute Gasteiger partial charge is 0.423 e. The lowest BCUT2D eigenvalue weighted by Gasteiger charge is -2.21. The van der Waals surface area contributed by atoms with E-state index in [1.54, 1.807) is 0 Å². The van der Waals surface area contributed by atoms with Crippen LogP contribution in [-0.2, 0) is 19.1 Å². The Morgan fingerprint density at radius 2 is 0.917 bits per heavy atom. The summed E-state index contributed by atoms with van der Waals surface area (Å²) in [5.41, 5.74) is -0.930. The van der Waals surface area contributed by atoms with E-state index in [0.29, 0.717) is 0 Å². The fourth-order valence-corrected chi connectivity index (χ4v) is 6.09. The standard InChI is InChI=1S/C34H40Cl6O8/c1-7-9-11-19(17(3)4)15-45-31(41)25-27(39)21(35)13-23(37)29(25)47-33(43)34(44)48-30-24(38)14-22(36)28(40)26(30)32(42)46-16-20(18(5)6)12-10-8-2/h13-14,17-20H,7-12,15-16H2,1-6H3. The predicted molar refractivity (Wildman–Crippen MR) is 190 cm³/mol. The lowest BCUT2D eigenvalue weighted by Crippen LogP contribution is -2.28. The first-order valence-electron chi connectivity index (χ1n) is 15.7. The van der Waals surface area contributed by atoms with Gasteiger partial charge in [-0.3, -0.25) is 0 Å². The van der Waals surface area contributed by atoms with E-state index in [1.807, 2.05) is 27.7 Å². The van der Waals surface area contributed by atoms with Crippen LogP contribution in [0.15, 0.2) is 12.1 Å². The lowest BCUT2D eigenvalue weighted by atomic mass is 9.91. The van der Waals surface area contributed by atoms with Gasteiger partial charge in [0.15, 0.2) is 11.5 Å². The zero-order chi connectivity index (χ0) is 36.3. The first-order chi connectivity index (χ1) is 22.5. The summed E-state index contributed by atoms with van der Waals surface area (Å²) in [7, 11) is 0. The van der Waals surface area contributed by atoms with E-state index in [9.17, 15) is 19.2 Å². The summed E-state index contributed by atoms with van der Waals surface area (Å²) >= 11 is 37.6. The molecule has 0 bridgehead atoms. The highest BCUT2D eigenvalue weighted by atomic mass is 35.5. The van der Waals surface area contributed by atoms with Crippen molar-refractivity contribution in [2.75, 3.05) is 13.2 Å². The fraction of sp³-hybridized carbons (Fsp3) is 0.529. The molecule has 2 unspecified atom stereocenters. The molecule has 0 radical (unpaired) electrons. The second-order valence-electron chi connectivity index (χ2n) is 12.0. The molecule has 0 amide bonds. The number of benzene rings is 2. The molecule has 0 aromatic heterocycles. The van der Waals surface area contributed by atoms with E-state index in [0.717, 1.165) is 50.7 Å². The molecule has 0 aliphatic rings. The van der Waals surface area contributed by atoms with E-state index in [-0.39, 0.29) is 67.0 Å². The SMILES string of the molecule is CCCCC(COC(=O)c1c(Cl)c(Cl)cc(Cl)c1OC(=O)C(=O)Oc1c(Cl)cc(Cl)c(Cl)c1C(=O)OCC(CCCC)C(C)C)C(C)C. The largest absolute Gasteiger partial charge is 0.462 e. The number of rotatable bonds is 16. The Morgan fingerprint density at radius 1 is 0.583 bits per heavy atom. The second-order valence-corrected chi connectivity index (χ2v) is 14.4. The van der Waals surface area contributed by atoms with Crippen LogP contribution >= 0.6 is 69.6 Å². The Balaban J connectivity index is 2.37. The monoisotopic (exact) mass is 786 g/mol. The summed E-state index contributed by atoms with van der Waals surface area (Å²) < 4.78 is 21.5. The molecule has 266 valence electrons. The molecule has 2 aromatic rings. The molecule has 2 atom stereocenters. The summed E-state index contributed by atoms with van der Waals surface area (Å²) in [4.78, 5) is 52.6. The maximum Gasteiger partial charge on any atom is 0.423 e. The van der Waals surface area contributed by atoms with Crippen molar-refractivity contribution in [1.29, 1.82) is 0 Å². The van der Waals surface area contributed by atoms with E-state index >= 15 is 0 Å². The molecular formula is C34H40Cl6O8. The number of carbonyl (C=O) groups is 4. The van der Waals surface area contributed by atoms with Gasteiger partial charge in [-0.05, 0) is 48.6 Å². The number of hydrogen-bond acceptors (Lipinski definition) is 8. The van der Waals surface area contributed by atoms with Crippen LogP contribution in [0.1, 0.15) is 101 Å². The summed E-state index contributed by atoms with van der Waals surface area (Å²) in [6.07, 6.45) is 5.46. The van der Waals surface area contributed by atoms with Crippen LogP contribution in [0.3, 0.4) is 0 Å². The quantitative estimate of drug-likeness (QED) is 0.0716. The third-order valence-corrected chi connectivity index (χ3v) is 9.95. The van der Waals surface area contributed by atoms with Crippen molar-refractivity contribution in [2.45, 2.75) is 80.1 Å². The van der Waals surface area contributed by atoms with Crippen LogP contribution in [0.2, 0.25) is 30.1 Å². The van der Waals surface area contributed by atoms with Gasteiger partial charge in [-0.2, -0.15) is 0 Å². The van der Waals surface area contributed by atoms with Gasteiger partial charge in [-0.25, -0.2) is 19.2 Å². The summed E-state index contributed by atoms with van der Waals surface area (Å²) in [5.74, 6) is -5.88. The second kappa shape index (κ2) is 20.0. The zero-order valence-corrected chi connectivity index (χ0v) is 32.2. The van der Waals surface area contributed by atoms with Gasteiger partial charge in [0.05, 0.1) is 43.3 Å². The number of unbranched alkanes of at least 4 members (excludes halogenated alkanes) is 2. The van der Waals surface area contributed by atoms with Crippen molar-refractivity contribution >= 4 is 93.5 Å². The highest BCUT2D eigenvalue weighted by Crippen LogP contribution is 2.42. The van der Waals surface area contributed by atoms with Gasteiger partial charge in [0, 0.05) is 0 Å². The minimum Gasteiger partial charge on any atom is -0.462 e. The van der Waals surface area contributed by atoms with E-state index < -0.39 is 46.5 Å². The molecule has 8 nitrogen and oxygen atoms in total. The molecule has 0 saturated carbocycles. The Kier molecular flexibility index (Phi) is 17.6. The van der Waals surface area contributed by atoms with Crippen LogP contribution in [0, 0.1) is 23.7 Å². The van der Waals surface area contributed by atoms with Crippen molar-refractivity contribution in [1.82, 2.24) is 0 Å². The zero-order valence-electron chi connectivity index (χ0n) is 27.7. The van der Waals surface area contributed by atoms with E-state index in [4.69, 9.17) is 88.6 Å². The van der Waals surface area contributed by atoms with Crippen molar-refractivity contribution < 1.29 is 38.1 Å². The number of carbonyl (C=O) groups excluding carboxylic acids is 4. The minimum atomic E-state index is -1.65. The Bertz CT molecular complexity index is 1370. The molecular weight excluding hydrogens is 749 g/mol. The first kappa shape index (κ1) is 42.2. The molecule has 14 heteroatoms. The van der Waals surface area contributed by atoms with Crippen LogP contribution < -0.4 is 9.47 Å². The van der Waals surface area contributed by atoms with Crippen LogP contribution in [0.5, 0.6) is 11.5 Å². The van der Waals surface area contributed by atoms with Crippen LogP contribution in [-0.4, -0.2) is 37.1 Å². The van der Waals surface area contributed by atoms with Gasteiger partial charge in [-0.15, -0.1) is 0 Å². The molecule has 48 heavy (non-hydrogen) atoms. The third kappa shape index (κ3) is 11.6. The Morgan fingerprint density at radius 3 is 1.21 bits per heavy atom. The maximum absolute atomic E-state index is 13.2. The van der Waals surface area contributed by atoms with Gasteiger partial charge < -0.3 is 18.9 Å². The summed E-state index contributed by atoms with van der Waals surface area (Å²) in [6.45, 7) is 12.3. The van der Waals surface area contributed by atoms with Gasteiger partial charge in [0.2, 0.25) is 0 Å². The summed E-state index contributed by atoms with van der Waals surface area (Å²) in [6, 6.07) is 2.26. The van der Waals surface area contributed by atoms with Gasteiger partial charge in [-0.1, -0.05) is 137 Å². The normalized spacial score (nSPS) is 12.5. The van der Waals surface area contributed by atoms with Gasteiger partial charge >= 0.3 is 23.9 Å². The highest BCUT2D eigenvalue weighted by Gasteiger charge is 2.33. The van der Waals surface area contributed by atoms with Crippen molar-refractivity contribution in [3.8, 4) is 11.5 Å². The predicted octanol–water partition coefficient (Wildman–Crippen LogP) is 11.4. The minimum absolute atomic E-state index is 0.0488. The number of halogens is 6. The molecule has 0 heterocycles. The topological polar surface area (TPSA) is 105 Å². The van der Waals surface area contributed by atoms with Gasteiger partial charge in [0.25, 0.3) is 0 Å². The van der Waals surface area contributed by atoms with Crippen molar-refractivity contribution in [3.05, 3.63) is 53.4 Å². The Labute approximate surface area is 311 Å². The van der Waals surface area contributed by atoms with Crippen molar-refractivity contribution in [3.63, 3.8) is 0 Å². The molecule has 2 rings (SSSR count). The molecule has 0 aliphatic carbocycles. The maximum atomic E-state index is 13.2. The molecule has 0 fully saturated rings. The van der Waals surface area contributed by atoms with E-state index in [2.05, 4.69) is 13.8 Å². The number of esters is 4.